The summed E-state index contributed by atoms with van der Waals surface area (Å²) in [5.41, 5.74) is 1.89. The minimum Gasteiger partial charge on any atom is -0.347 e. The number of carbonyl (C=O) groups is 1. The number of nitrogens with zero attached hydrogens (tertiary/aromatic N) is 3. The number of halogens is 3. The summed E-state index contributed by atoms with van der Waals surface area (Å²) < 4.78 is 36.4. The highest BCUT2D eigenvalue weighted by Crippen LogP contribution is 2.21. The van der Waals surface area contributed by atoms with Crippen LogP contribution in [-0.2, 0) is 13.0 Å². The summed E-state index contributed by atoms with van der Waals surface area (Å²) in [6, 6.07) is 3.17. The van der Waals surface area contributed by atoms with Crippen LogP contribution in [0.25, 0.3) is 0 Å². The quantitative estimate of drug-likeness (QED) is 0.918. The highest BCUT2D eigenvalue weighted by Gasteiger charge is 2.26. The van der Waals surface area contributed by atoms with Crippen LogP contribution in [0.2, 0.25) is 0 Å². The van der Waals surface area contributed by atoms with Crippen molar-refractivity contribution in [2.24, 2.45) is 0 Å². The average Bonchev–Trinajstić information content (AvgIpc) is 2.51. The van der Waals surface area contributed by atoms with Crippen LogP contribution in [0.15, 0.2) is 30.7 Å². The molecule has 0 atom stereocenters. The second-order valence-corrected chi connectivity index (χ2v) is 5.00. The van der Waals surface area contributed by atoms with E-state index in [1.807, 2.05) is 0 Å². The molecule has 0 aromatic carbocycles. The lowest BCUT2D eigenvalue weighted by molar-refractivity contribution is -0.134. The van der Waals surface area contributed by atoms with Gasteiger partial charge in [0.15, 0.2) is 0 Å². The predicted molar refractivity (Wildman–Crippen MR) is 76.6 cm³/mol. The van der Waals surface area contributed by atoms with E-state index in [1.54, 1.807) is 19.2 Å². The van der Waals surface area contributed by atoms with Gasteiger partial charge in [0.1, 0.15) is 5.69 Å². The van der Waals surface area contributed by atoms with Gasteiger partial charge in [-0.1, -0.05) is 6.07 Å². The predicted octanol–water partition coefficient (Wildman–Crippen LogP) is 2.60. The number of nitrogens with one attached hydrogen (secondary N) is 1. The Morgan fingerprint density at radius 2 is 2.00 bits per heavy atom. The van der Waals surface area contributed by atoms with Gasteiger partial charge < -0.3 is 5.32 Å². The highest BCUT2D eigenvalue weighted by molar-refractivity contribution is 5.91. The Kier molecular flexibility index (Phi) is 5.25. The average molecular weight is 324 g/mol. The number of pyridine rings is 1. The molecule has 0 bridgehead atoms. The van der Waals surface area contributed by atoms with E-state index in [0.29, 0.717) is 17.0 Å². The minimum absolute atomic E-state index is 0.158. The lowest BCUT2D eigenvalue weighted by Crippen LogP contribution is -2.24. The largest absolute Gasteiger partial charge is 0.389 e. The Bertz CT molecular complexity index is 671. The first-order valence-corrected chi connectivity index (χ1v) is 6.91. The van der Waals surface area contributed by atoms with Crippen LogP contribution in [0.5, 0.6) is 0 Å². The van der Waals surface area contributed by atoms with Gasteiger partial charge in [0, 0.05) is 31.1 Å². The van der Waals surface area contributed by atoms with Gasteiger partial charge in [0.2, 0.25) is 0 Å². The van der Waals surface area contributed by atoms with Crippen molar-refractivity contribution in [3.05, 3.63) is 53.4 Å². The van der Waals surface area contributed by atoms with Gasteiger partial charge in [-0.3, -0.25) is 14.8 Å². The molecule has 0 radical (unpaired) electrons. The van der Waals surface area contributed by atoms with Crippen LogP contribution in [-0.4, -0.2) is 27.0 Å². The first-order chi connectivity index (χ1) is 10.8. The fourth-order valence-corrected chi connectivity index (χ4v) is 1.82. The van der Waals surface area contributed by atoms with E-state index in [1.165, 1.54) is 18.5 Å². The molecule has 8 heteroatoms. The van der Waals surface area contributed by atoms with E-state index in [-0.39, 0.29) is 24.6 Å². The molecule has 5 nitrogen and oxygen atoms in total. The maximum Gasteiger partial charge on any atom is 0.389 e. The highest BCUT2D eigenvalue weighted by atomic mass is 19.4. The molecule has 0 saturated carbocycles. The Hall–Kier alpha value is -2.51. The zero-order valence-corrected chi connectivity index (χ0v) is 12.4. The molecule has 2 aromatic rings. The van der Waals surface area contributed by atoms with Crippen LogP contribution >= 0.6 is 0 Å². The fraction of sp³-hybridized carbons (Fsp3) is 0.333. The van der Waals surface area contributed by atoms with Crippen molar-refractivity contribution in [1.29, 1.82) is 0 Å². The van der Waals surface area contributed by atoms with Crippen molar-refractivity contribution < 1.29 is 18.0 Å². The molecular weight excluding hydrogens is 309 g/mol. The van der Waals surface area contributed by atoms with Crippen LogP contribution < -0.4 is 5.32 Å². The van der Waals surface area contributed by atoms with Gasteiger partial charge in [-0.25, -0.2) is 4.98 Å². The molecule has 0 spiro atoms. The van der Waals surface area contributed by atoms with Gasteiger partial charge in [0.25, 0.3) is 5.91 Å². The van der Waals surface area contributed by atoms with Crippen molar-refractivity contribution in [2.45, 2.75) is 32.5 Å². The molecule has 1 N–H and O–H groups in total. The van der Waals surface area contributed by atoms with Crippen LogP contribution in [0.3, 0.4) is 0 Å². The number of rotatable bonds is 5. The van der Waals surface area contributed by atoms with E-state index in [9.17, 15) is 18.0 Å². The van der Waals surface area contributed by atoms with Crippen molar-refractivity contribution in [1.82, 2.24) is 20.3 Å². The van der Waals surface area contributed by atoms with Crippen molar-refractivity contribution in [2.75, 3.05) is 0 Å². The number of aromatic nitrogens is 3. The van der Waals surface area contributed by atoms with Gasteiger partial charge in [0.05, 0.1) is 11.9 Å². The lowest BCUT2D eigenvalue weighted by atomic mass is 10.2. The molecule has 122 valence electrons. The minimum atomic E-state index is -4.19. The van der Waals surface area contributed by atoms with E-state index >= 15 is 0 Å². The van der Waals surface area contributed by atoms with Crippen molar-refractivity contribution >= 4 is 5.91 Å². The fourth-order valence-electron chi connectivity index (χ4n) is 1.82. The number of alkyl halides is 3. The molecule has 0 unspecified atom stereocenters. The molecule has 2 rings (SSSR count). The van der Waals surface area contributed by atoms with E-state index in [4.69, 9.17) is 0 Å². The maximum absolute atomic E-state index is 12.1. The summed E-state index contributed by atoms with van der Waals surface area (Å²) in [5, 5.41) is 2.66. The Morgan fingerprint density at radius 3 is 2.61 bits per heavy atom. The smallest absolute Gasteiger partial charge is 0.347 e. The van der Waals surface area contributed by atoms with Crippen LogP contribution in [0.1, 0.15) is 33.9 Å². The Labute approximate surface area is 131 Å². The summed E-state index contributed by atoms with van der Waals surface area (Å²) in [4.78, 5) is 23.8. The number of aryl methyl sites for hydroxylation is 2. The second-order valence-electron chi connectivity index (χ2n) is 5.00. The maximum atomic E-state index is 12.1. The molecule has 2 aromatic heterocycles. The van der Waals surface area contributed by atoms with Gasteiger partial charge in [-0.2, -0.15) is 13.2 Å². The molecule has 0 aliphatic rings. The van der Waals surface area contributed by atoms with E-state index in [2.05, 4.69) is 20.3 Å². The molecule has 0 aliphatic heterocycles. The number of amides is 1. The number of carbonyl (C=O) groups excluding carboxylic acids is 1. The standard InChI is InChI=1S/C15H15F3N4O/c1-10-6-19-9-13(22-10)14(23)21-8-11-2-3-12(20-7-11)4-5-15(16,17)18/h2-3,6-7,9H,4-5,8H2,1H3,(H,21,23). The number of hydrogen-bond donors (Lipinski definition) is 1. The molecule has 0 fully saturated rings. The molecule has 2 heterocycles. The molecule has 0 saturated heterocycles. The van der Waals surface area contributed by atoms with Gasteiger partial charge >= 0.3 is 6.18 Å². The second kappa shape index (κ2) is 7.17. The summed E-state index contributed by atoms with van der Waals surface area (Å²) in [7, 11) is 0. The monoisotopic (exact) mass is 324 g/mol. The van der Waals surface area contributed by atoms with Gasteiger partial charge in [-0.15, -0.1) is 0 Å². The normalized spacial score (nSPS) is 11.3. The third-order valence-corrected chi connectivity index (χ3v) is 2.99. The first-order valence-electron chi connectivity index (χ1n) is 6.91. The van der Waals surface area contributed by atoms with Crippen molar-refractivity contribution in [3.8, 4) is 0 Å². The zero-order chi connectivity index (χ0) is 16.9. The van der Waals surface area contributed by atoms with Gasteiger partial charge in [-0.05, 0) is 25.0 Å². The summed E-state index contributed by atoms with van der Waals surface area (Å²) in [6.45, 7) is 1.94. The number of hydrogen-bond acceptors (Lipinski definition) is 4. The summed E-state index contributed by atoms with van der Waals surface area (Å²) in [5.74, 6) is -0.373. The first kappa shape index (κ1) is 16.9. The summed E-state index contributed by atoms with van der Waals surface area (Å²) in [6.07, 6.45) is -0.893. The lowest BCUT2D eigenvalue weighted by Gasteiger charge is -2.07. The summed E-state index contributed by atoms with van der Waals surface area (Å²) >= 11 is 0. The third-order valence-electron chi connectivity index (χ3n) is 2.99. The van der Waals surface area contributed by atoms with E-state index < -0.39 is 12.6 Å². The SMILES string of the molecule is Cc1cncc(C(=O)NCc2ccc(CCC(F)(F)F)nc2)n1. The zero-order valence-electron chi connectivity index (χ0n) is 12.4. The molecule has 23 heavy (non-hydrogen) atoms. The topological polar surface area (TPSA) is 67.8 Å². The van der Waals surface area contributed by atoms with Crippen LogP contribution in [0.4, 0.5) is 13.2 Å². The van der Waals surface area contributed by atoms with Crippen LogP contribution in [0, 0.1) is 6.92 Å². The Balaban J connectivity index is 1.87. The molecule has 1 amide bonds. The third kappa shape index (κ3) is 5.65. The molecule has 0 aliphatic carbocycles. The van der Waals surface area contributed by atoms with E-state index in [0.717, 1.165) is 0 Å². The van der Waals surface area contributed by atoms with Crippen molar-refractivity contribution in [3.63, 3.8) is 0 Å². The molecular formula is C15H15F3N4O. The Morgan fingerprint density at radius 1 is 1.22 bits per heavy atom.